The predicted molar refractivity (Wildman–Crippen MR) is 79.6 cm³/mol. The third kappa shape index (κ3) is 4.46. The molecule has 2 rings (SSSR count). The van der Waals surface area contributed by atoms with Crippen molar-refractivity contribution < 1.29 is 4.79 Å². The van der Waals surface area contributed by atoms with Crippen molar-refractivity contribution in [3.8, 4) is 0 Å². The Morgan fingerprint density at radius 1 is 1.26 bits per heavy atom. The molecule has 0 aliphatic heterocycles. The second kappa shape index (κ2) is 6.85. The number of Topliss-reactive ketones (excluding diaryl/α,β-unsaturated/α-hetero) is 1. The van der Waals surface area contributed by atoms with Gasteiger partial charge in [0.25, 0.3) is 0 Å². The van der Waals surface area contributed by atoms with Gasteiger partial charge in [0.1, 0.15) is 0 Å². The molecule has 2 heteroatoms. The first-order valence-electron chi connectivity index (χ1n) is 7.43. The summed E-state index contributed by atoms with van der Waals surface area (Å²) in [6, 6.07) is 7.90. The molecule has 1 fully saturated rings. The predicted octanol–water partition coefficient (Wildman–Crippen LogP) is 3.69. The first kappa shape index (κ1) is 14.3. The highest BCUT2D eigenvalue weighted by atomic mass is 16.1. The average Bonchev–Trinajstić information content (AvgIpc) is 2.39. The van der Waals surface area contributed by atoms with Gasteiger partial charge in [-0.1, -0.05) is 43.0 Å². The normalized spacial score (nSPS) is 16.8. The topological polar surface area (TPSA) is 20.3 Å². The number of aryl methyl sites for hydroxylation is 1. The monoisotopic (exact) mass is 259 g/mol. The summed E-state index contributed by atoms with van der Waals surface area (Å²) in [5.74, 6) is 1.03. The van der Waals surface area contributed by atoms with E-state index < -0.39 is 0 Å². The van der Waals surface area contributed by atoms with Crippen molar-refractivity contribution in [3.05, 3.63) is 35.4 Å². The van der Waals surface area contributed by atoms with Crippen LogP contribution < -0.4 is 0 Å². The molecule has 1 aromatic carbocycles. The lowest BCUT2D eigenvalue weighted by Crippen LogP contribution is -2.31. The van der Waals surface area contributed by atoms with Gasteiger partial charge in [-0.3, -0.25) is 9.69 Å². The molecule has 0 amide bonds. The molecule has 2 nitrogen and oxygen atoms in total. The molecule has 19 heavy (non-hydrogen) atoms. The van der Waals surface area contributed by atoms with E-state index in [0.29, 0.717) is 6.54 Å². The molecule has 1 aromatic rings. The zero-order valence-corrected chi connectivity index (χ0v) is 12.2. The molecular formula is C17H25NO. The minimum absolute atomic E-state index is 0.238. The van der Waals surface area contributed by atoms with E-state index in [1.54, 1.807) is 0 Å². The maximum Gasteiger partial charge on any atom is 0.176 e. The van der Waals surface area contributed by atoms with Crippen LogP contribution in [0.1, 0.15) is 48.0 Å². The summed E-state index contributed by atoms with van der Waals surface area (Å²) >= 11 is 0. The fraction of sp³-hybridized carbons (Fsp3) is 0.588. The standard InChI is InChI=1S/C17H25NO/c1-14-7-6-10-16(11-14)17(19)13-18(2)12-15-8-4-3-5-9-15/h6-7,10-11,15H,3-5,8-9,12-13H2,1-2H3. The Kier molecular flexibility index (Phi) is 5.15. The Morgan fingerprint density at radius 2 is 2.00 bits per heavy atom. The van der Waals surface area contributed by atoms with Gasteiger partial charge in [-0.2, -0.15) is 0 Å². The average molecular weight is 259 g/mol. The molecule has 0 unspecified atom stereocenters. The van der Waals surface area contributed by atoms with Crippen molar-refractivity contribution in [1.82, 2.24) is 4.90 Å². The van der Waals surface area contributed by atoms with E-state index in [4.69, 9.17) is 0 Å². The van der Waals surface area contributed by atoms with E-state index in [2.05, 4.69) is 11.9 Å². The fourth-order valence-electron chi connectivity index (χ4n) is 3.03. The molecule has 1 aliphatic carbocycles. The Balaban J connectivity index is 1.84. The molecule has 0 radical (unpaired) electrons. The van der Waals surface area contributed by atoms with E-state index in [1.165, 1.54) is 32.1 Å². The first-order valence-corrected chi connectivity index (χ1v) is 7.43. The Labute approximate surface area is 116 Å². The van der Waals surface area contributed by atoms with E-state index in [0.717, 1.165) is 23.6 Å². The minimum Gasteiger partial charge on any atom is -0.299 e. The van der Waals surface area contributed by atoms with Crippen LogP contribution in [0.2, 0.25) is 0 Å². The van der Waals surface area contributed by atoms with Crippen LogP contribution in [0.15, 0.2) is 24.3 Å². The van der Waals surface area contributed by atoms with Gasteiger partial charge in [0.2, 0.25) is 0 Å². The minimum atomic E-state index is 0.238. The Morgan fingerprint density at radius 3 is 2.68 bits per heavy atom. The maximum atomic E-state index is 12.2. The van der Waals surface area contributed by atoms with Crippen LogP contribution in [0.4, 0.5) is 0 Å². The molecule has 0 spiro atoms. The van der Waals surface area contributed by atoms with Crippen LogP contribution >= 0.6 is 0 Å². The smallest absolute Gasteiger partial charge is 0.176 e. The molecule has 104 valence electrons. The SMILES string of the molecule is Cc1cccc(C(=O)CN(C)CC2CCCCC2)c1. The van der Waals surface area contributed by atoms with Crippen LogP contribution in [0.5, 0.6) is 0 Å². The largest absolute Gasteiger partial charge is 0.299 e. The molecule has 1 saturated carbocycles. The molecular weight excluding hydrogens is 234 g/mol. The van der Waals surface area contributed by atoms with E-state index in [9.17, 15) is 4.79 Å². The van der Waals surface area contributed by atoms with Crippen molar-refractivity contribution in [1.29, 1.82) is 0 Å². The summed E-state index contributed by atoms with van der Waals surface area (Å²) in [6.07, 6.45) is 6.79. The summed E-state index contributed by atoms with van der Waals surface area (Å²) in [6.45, 7) is 3.64. The van der Waals surface area contributed by atoms with Gasteiger partial charge in [0.15, 0.2) is 5.78 Å². The highest BCUT2D eigenvalue weighted by Gasteiger charge is 2.17. The zero-order valence-electron chi connectivity index (χ0n) is 12.2. The van der Waals surface area contributed by atoms with Crippen molar-refractivity contribution in [2.75, 3.05) is 20.1 Å². The third-order valence-electron chi connectivity index (χ3n) is 4.05. The van der Waals surface area contributed by atoms with E-state index in [1.807, 2.05) is 31.2 Å². The quantitative estimate of drug-likeness (QED) is 0.752. The van der Waals surface area contributed by atoms with Crippen LogP contribution in [0.25, 0.3) is 0 Å². The molecule has 0 aromatic heterocycles. The summed E-state index contributed by atoms with van der Waals surface area (Å²) in [5.41, 5.74) is 2.00. The highest BCUT2D eigenvalue weighted by molar-refractivity contribution is 5.97. The van der Waals surface area contributed by atoms with Crippen molar-refractivity contribution in [3.63, 3.8) is 0 Å². The summed E-state index contributed by atoms with van der Waals surface area (Å²) in [7, 11) is 2.07. The van der Waals surface area contributed by atoms with Gasteiger partial charge >= 0.3 is 0 Å². The lowest BCUT2D eigenvalue weighted by Gasteiger charge is -2.26. The van der Waals surface area contributed by atoms with Crippen LogP contribution in [0, 0.1) is 12.8 Å². The fourth-order valence-corrected chi connectivity index (χ4v) is 3.03. The van der Waals surface area contributed by atoms with E-state index >= 15 is 0 Å². The van der Waals surface area contributed by atoms with Crippen molar-refractivity contribution in [2.24, 2.45) is 5.92 Å². The summed E-state index contributed by atoms with van der Waals surface area (Å²) in [5, 5.41) is 0. The second-order valence-corrected chi connectivity index (χ2v) is 5.99. The number of ketones is 1. The van der Waals surface area contributed by atoms with Gasteiger partial charge in [0, 0.05) is 12.1 Å². The number of benzene rings is 1. The second-order valence-electron chi connectivity index (χ2n) is 5.99. The van der Waals surface area contributed by atoms with Gasteiger partial charge < -0.3 is 0 Å². The number of nitrogens with zero attached hydrogens (tertiary/aromatic N) is 1. The number of carbonyl (C=O) groups excluding carboxylic acids is 1. The zero-order chi connectivity index (χ0) is 13.7. The summed E-state index contributed by atoms with van der Waals surface area (Å²) in [4.78, 5) is 14.4. The number of rotatable bonds is 5. The molecule has 1 aliphatic rings. The number of likely N-dealkylation sites (N-methyl/N-ethyl adjacent to an activating group) is 1. The molecule has 0 bridgehead atoms. The molecule has 0 atom stereocenters. The Hall–Kier alpha value is -1.15. The van der Waals surface area contributed by atoms with Crippen LogP contribution in [0.3, 0.4) is 0 Å². The third-order valence-corrected chi connectivity index (χ3v) is 4.05. The van der Waals surface area contributed by atoms with Crippen LogP contribution in [-0.4, -0.2) is 30.8 Å². The molecule has 0 N–H and O–H groups in total. The highest BCUT2D eigenvalue weighted by Crippen LogP contribution is 2.24. The molecule has 0 saturated heterocycles. The van der Waals surface area contributed by atoms with Crippen molar-refractivity contribution >= 4 is 5.78 Å². The first-order chi connectivity index (χ1) is 9.15. The van der Waals surface area contributed by atoms with Crippen molar-refractivity contribution in [2.45, 2.75) is 39.0 Å². The van der Waals surface area contributed by atoms with Gasteiger partial charge in [0.05, 0.1) is 6.54 Å². The van der Waals surface area contributed by atoms with Gasteiger partial charge in [-0.25, -0.2) is 0 Å². The lowest BCUT2D eigenvalue weighted by molar-refractivity contribution is 0.0932. The molecule has 0 heterocycles. The number of carbonyl (C=O) groups is 1. The Bertz CT molecular complexity index is 421. The van der Waals surface area contributed by atoms with Gasteiger partial charge in [-0.05, 0) is 38.8 Å². The van der Waals surface area contributed by atoms with Crippen LogP contribution in [-0.2, 0) is 0 Å². The van der Waals surface area contributed by atoms with E-state index in [-0.39, 0.29) is 5.78 Å². The van der Waals surface area contributed by atoms with Gasteiger partial charge in [-0.15, -0.1) is 0 Å². The summed E-state index contributed by atoms with van der Waals surface area (Å²) < 4.78 is 0. The number of hydrogen-bond donors (Lipinski definition) is 0. The maximum absolute atomic E-state index is 12.2. The number of hydrogen-bond acceptors (Lipinski definition) is 2. The lowest BCUT2D eigenvalue weighted by atomic mass is 9.89.